The summed E-state index contributed by atoms with van der Waals surface area (Å²) in [7, 11) is 0. The first kappa shape index (κ1) is 44.4. The number of carbonyl (C=O) groups is 4. The molecule has 0 unspecified atom stereocenters. The highest BCUT2D eigenvalue weighted by atomic mass is 16.5. The molecule has 1 aliphatic carbocycles. The molecule has 298 valence electrons. The number of rotatable bonds is 22. The number of aliphatic hydroxyl groups excluding tert-OH is 1. The lowest BCUT2D eigenvalue weighted by molar-refractivity contribution is -0.141. The van der Waals surface area contributed by atoms with Crippen LogP contribution in [0.15, 0.2) is 85.5 Å². The Morgan fingerprint density at radius 1 is 0.600 bits per heavy atom. The van der Waals surface area contributed by atoms with E-state index in [0.29, 0.717) is 49.7 Å². The highest BCUT2D eigenvalue weighted by molar-refractivity contribution is 5.92. The number of ether oxygens (including phenoxy) is 6. The van der Waals surface area contributed by atoms with E-state index in [-0.39, 0.29) is 41.7 Å². The summed E-state index contributed by atoms with van der Waals surface area (Å²) in [4.78, 5) is 49.2. The van der Waals surface area contributed by atoms with Crippen molar-refractivity contribution in [1.82, 2.24) is 0 Å². The smallest absolute Gasteiger partial charge is 0.343 e. The first-order chi connectivity index (χ1) is 26.8. The normalized spacial score (nSPS) is 14.7. The van der Waals surface area contributed by atoms with Gasteiger partial charge in [0, 0.05) is 19.3 Å². The van der Waals surface area contributed by atoms with Gasteiger partial charge in [-0.3, -0.25) is 4.79 Å². The third kappa shape index (κ3) is 16.9. The summed E-state index contributed by atoms with van der Waals surface area (Å²) in [6, 6.07) is 19.0. The molecular formula is C44H56O11. The van der Waals surface area contributed by atoms with Crippen LogP contribution < -0.4 is 18.9 Å². The molecule has 3 aromatic carbocycles. The van der Waals surface area contributed by atoms with Crippen LogP contribution >= 0.6 is 0 Å². The van der Waals surface area contributed by atoms with Gasteiger partial charge in [-0.2, -0.15) is 0 Å². The van der Waals surface area contributed by atoms with Crippen LogP contribution in [-0.2, 0) is 19.1 Å². The van der Waals surface area contributed by atoms with Crippen molar-refractivity contribution in [2.45, 2.75) is 97.0 Å². The Bertz CT molecular complexity index is 1580. The number of carbonyl (C=O) groups excluding carboxylic acids is 4. The molecule has 0 aromatic heterocycles. The van der Waals surface area contributed by atoms with E-state index in [2.05, 4.69) is 6.58 Å². The van der Waals surface area contributed by atoms with Crippen LogP contribution in [0.2, 0.25) is 0 Å². The quantitative estimate of drug-likeness (QED) is 0.0454. The van der Waals surface area contributed by atoms with Gasteiger partial charge in [-0.05, 0) is 137 Å². The number of hydrogen-bond acceptors (Lipinski definition) is 11. The second-order valence-electron chi connectivity index (χ2n) is 12.8. The van der Waals surface area contributed by atoms with Gasteiger partial charge in [-0.15, -0.1) is 0 Å². The van der Waals surface area contributed by atoms with Gasteiger partial charge in [-0.1, -0.05) is 33.3 Å². The Labute approximate surface area is 324 Å². The number of esters is 4. The Morgan fingerprint density at radius 3 is 1.58 bits per heavy atom. The van der Waals surface area contributed by atoms with Crippen molar-refractivity contribution in [3.05, 3.63) is 96.6 Å². The van der Waals surface area contributed by atoms with Gasteiger partial charge in [0.1, 0.15) is 23.0 Å². The van der Waals surface area contributed by atoms with Gasteiger partial charge in [0.25, 0.3) is 0 Å². The van der Waals surface area contributed by atoms with E-state index in [4.69, 9.17) is 33.5 Å². The van der Waals surface area contributed by atoms with Gasteiger partial charge < -0.3 is 33.5 Å². The van der Waals surface area contributed by atoms with Crippen LogP contribution in [0, 0.1) is 5.92 Å². The van der Waals surface area contributed by atoms with Crippen molar-refractivity contribution >= 4 is 23.9 Å². The zero-order chi connectivity index (χ0) is 39.7. The summed E-state index contributed by atoms with van der Waals surface area (Å²) in [6.07, 6.45) is 11.7. The Hall–Kier alpha value is -5.00. The SMILES string of the molecule is C=CC(=O)OCCCCCCOc1ccc(C(=O)Oc2ccc(OC(=O)c3ccc(OC(=O)C4CCC(OCCCCCCO)CC4)cc3)cc2)cc1.CC. The molecule has 1 fully saturated rings. The number of aliphatic hydroxyl groups is 1. The standard InChI is InChI=1S/C42H50O11.C2H6/c1-2-39(44)50-30-10-6-5-9-29-49-35-19-13-32(14-20-35)41(46)52-37-23-25-38(26-24-37)53-42(47)33-15-21-36(22-16-33)51-40(45)31-11-17-34(18-12-31)48-28-8-4-3-7-27-43;1-2/h2,13-16,19-26,31,34,43H,1,3-12,17-18,27-30H2;1-2H3. The summed E-state index contributed by atoms with van der Waals surface area (Å²) in [5.41, 5.74) is 0.636. The second-order valence-corrected chi connectivity index (χ2v) is 12.8. The number of benzene rings is 3. The summed E-state index contributed by atoms with van der Waals surface area (Å²) in [6.45, 7) is 9.21. The highest BCUT2D eigenvalue weighted by Gasteiger charge is 2.28. The zero-order valence-corrected chi connectivity index (χ0v) is 32.2. The van der Waals surface area contributed by atoms with E-state index in [1.807, 2.05) is 13.8 Å². The van der Waals surface area contributed by atoms with Crippen LogP contribution in [0.4, 0.5) is 0 Å². The highest BCUT2D eigenvalue weighted by Crippen LogP contribution is 2.28. The first-order valence-electron chi connectivity index (χ1n) is 19.5. The van der Waals surface area contributed by atoms with Crippen LogP contribution in [0.25, 0.3) is 0 Å². The van der Waals surface area contributed by atoms with E-state index in [1.165, 1.54) is 36.4 Å². The summed E-state index contributed by atoms with van der Waals surface area (Å²) < 4.78 is 33.2. The molecule has 0 radical (unpaired) electrons. The van der Waals surface area contributed by atoms with Crippen molar-refractivity contribution in [3.63, 3.8) is 0 Å². The predicted molar refractivity (Wildman–Crippen MR) is 209 cm³/mol. The molecule has 1 N–H and O–H groups in total. The largest absolute Gasteiger partial charge is 0.494 e. The van der Waals surface area contributed by atoms with E-state index in [1.54, 1.807) is 36.4 Å². The minimum absolute atomic E-state index is 0.168. The Kier molecular flexibility index (Phi) is 20.9. The van der Waals surface area contributed by atoms with Crippen molar-refractivity contribution in [2.75, 3.05) is 26.4 Å². The number of hydrogen-bond donors (Lipinski definition) is 1. The molecule has 0 spiro atoms. The third-order valence-corrected chi connectivity index (χ3v) is 8.78. The molecule has 3 aromatic rings. The van der Waals surface area contributed by atoms with E-state index in [0.717, 1.165) is 70.3 Å². The number of unbranched alkanes of at least 4 members (excludes halogenated alkanes) is 6. The van der Waals surface area contributed by atoms with Gasteiger partial charge in [0.05, 0.1) is 36.4 Å². The fraction of sp³-hybridized carbons (Fsp3) is 0.455. The Balaban J connectivity index is 0.00000399. The minimum atomic E-state index is -0.590. The molecule has 1 aliphatic rings. The van der Waals surface area contributed by atoms with Crippen molar-refractivity contribution < 1.29 is 52.7 Å². The topological polar surface area (TPSA) is 144 Å². The lowest BCUT2D eigenvalue weighted by atomic mass is 9.87. The van der Waals surface area contributed by atoms with Crippen molar-refractivity contribution in [1.29, 1.82) is 0 Å². The summed E-state index contributed by atoms with van der Waals surface area (Å²) in [5.74, 6) is -0.462. The van der Waals surface area contributed by atoms with Gasteiger partial charge in [0.2, 0.25) is 0 Å². The van der Waals surface area contributed by atoms with Crippen molar-refractivity contribution in [3.8, 4) is 23.0 Å². The lowest BCUT2D eigenvalue weighted by Crippen LogP contribution is -2.29. The molecule has 11 nitrogen and oxygen atoms in total. The molecule has 1 saturated carbocycles. The Morgan fingerprint density at radius 2 is 1.05 bits per heavy atom. The van der Waals surface area contributed by atoms with Crippen molar-refractivity contribution in [2.24, 2.45) is 5.92 Å². The lowest BCUT2D eigenvalue weighted by Gasteiger charge is -2.27. The maximum atomic E-state index is 12.8. The summed E-state index contributed by atoms with van der Waals surface area (Å²) >= 11 is 0. The molecule has 0 atom stereocenters. The maximum Gasteiger partial charge on any atom is 0.343 e. The van der Waals surface area contributed by atoms with Crippen LogP contribution in [0.5, 0.6) is 23.0 Å². The van der Waals surface area contributed by atoms with Gasteiger partial charge in [0.15, 0.2) is 0 Å². The van der Waals surface area contributed by atoms with Gasteiger partial charge in [-0.25, -0.2) is 14.4 Å². The van der Waals surface area contributed by atoms with Crippen LogP contribution in [0.1, 0.15) is 112 Å². The second kappa shape index (κ2) is 25.9. The summed E-state index contributed by atoms with van der Waals surface area (Å²) in [5, 5.41) is 8.86. The molecule has 0 heterocycles. The van der Waals surface area contributed by atoms with E-state index < -0.39 is 17.9 Å². The molecule has 0 bridgehead atoms. The van der Waals surface area contributed by atoms with Crippen LogP contribution in [0.3, 0.4) is 0 Å². The molecule has 55 heavy (non-hydrogen) atoms. The zero-order valence-electron chi connectivity index (χ0n) is 32.2. The third-order valence-electron chi connectivity index (χ3n) is 8.78. The fourth-order valence-electron chi connectivity index (χ4n) is 5.72. The van der Waals surface area contributed by atoms with Gasteiger partial charge >= 0.3 is 23.9 Å². The van der Waals surface area contributed by atoms with Crippen LogP contribution in [-0.4, -0.2) is 61.5 Å². The van der Waals surface area contributed by atoms with E-state index >= 15 is 0 Å². The molecule has 4 rings (SSSR count). The molecule has 11 heteroatoms. The molecule has 0 saturated heterocycles. The average Bonchev–Trinajstić information content (AvgIpc) is 3.22. The predicted octanol–water partition coefficient (Wildman–Crippen LogP) is 8.85. The average molecular weight is 761 g/mol. The maximum absolute atomic E-state index is 12.8. The monoisotopic (exact) mass is 760 g/mol. The minimum Gasteiger partial charge on any atom is -0.494 e. The molecule has 0 amide bonds. The first-order valence-corrected chi connectivity index (χ1v) is 19.5. The fourth-order valence-corrected chi connectivity index (χ4v) is 5.72. The molecule has 0 aliphatic heterocycles. The van der Waals surface area contributed by atoms with E-state index in [9.17, 15) is 19.2 Å². The molecular weight excluding hydrogens is 704 g/mol.